The van der Waals surface area contributed by atoms with Crippen molar-refractivity contribution in [2.45, 2.75) is 0 Å². The average molecular weight is 274 g/mol. The highest BCUT2D eigenvalue weighted by Crippen LogP contribution is 2.22. The fourth-order valence-corrected chi connectivity index (χ4v) is 2.67. The Morgan fingerprint density at radius 2 is 1.45 bits per heavy atom. The van der Waals surface area contributed by atoms with E-state index in [1.807, 2.05) is 0 Å². The van der Waals surface area contributed by atoms with Crippen LogP contribution in [0.5, 0.6) is 0 Å². The first kappa shape index (κ1) is 13.2. The van der Waals surface area contributed by atoms with Gasteiger partial charge in [0.2, 0.25) is 0 Å². The third-order valence-corrected chi connectivity index (χ3v) is 3.92. The highest BCUT2D eigenvalue weighted by atomic mass is 16.2. The van der Waals surface area contributed by atoms with E-state index < -0.39 is 0 Å². The van der Waals surface area contributed by atoms with Gasteiger partial charge in [0.15, 0.2) is 0 Å². The molecule has 2 heterocycles. The Labute approximate surface area is 117 Å². The molecule has 1 saturated heterocycles. The van der Waals surface area contributed by atoms with Crippen LogP contribution in [0.15, 0.2) is 24.3 Å². The van der Waals surface area contributed by atoms with Gasteiger partial charge >= 0.3 is 0 Å². The number of imide groups is 1. The normalized spacial score (nSPS) is 20.6. The number of hydrazine groups is 1. The molecule has 2 aliphatic rings. The van der Waals surface area contributed by atoms with Gasteiger partial charge in [0.05, 0.1) is 11.1 Å². The van der Waals surface area contributed by atoms with Gasteiger partial charge in [0.25, 0.3) is 11.8 Å². The van der Waals surface area contributed by atoms with Gasteiger partial charge in [0, 0.05) is 39.3 Å². The van der Waals surface area contributed by atoms with E-state index in [2.05, 4.69) is 4.90 Å². The lowest BCUT2D eigenvalue weighted by Crippen LogP contribution is -2.51. The summed E-state index contributed by atoms with van der Waals surface area (Å²) in [6.45, 7) is 4.54. The SMILES string of the molecule is NN1CCN(CCN2C(=O)c3ccccc3C2=O)CC1. The molecule has 2 aliphatic heterocycles. The van der Waals surface area contributed by atoms with E-state index in [1.54, 1.807) is 29.3 Å². The number of nitrogens with two attached hydrogens (primary N) is 1. The molecule has 0 aromatic heterocycles. The molecule has 0 radical (unpaired) electrons. The zero-order valence-electron chi connectivity index (χ0n) is 11.3. The van der Waals surface area contributed by atoms with Gasteiger partial charge in [-0.3, -0.25) is 25.2 Å². The fourth-order valence-electron chi connectivity index (χ4n) is 2.67. The van der Waals surface area contributed by atoms with Crippen LogP contribution in [0.4, 0.5) is 0 Å². The van der Waals surface area contributed by atoms with Crippen molar-refractivity contribution in [1.82, 2.24) is 14.8 Å². The smallest absolute Gasteiger partial charge is 0.261 e. The Balaban J connectivity index is 1.62. The average Bonchev–Trinajstić information content (AvgIpc) is 2.71. The van der Waals surface area contributed by atoms with Crippen molar-refractivity contribution in [2.75, 3.05) is 39.3 Å². The lowest BCUT2D eigenvalue weighted by Gasteiger charge is -2.32. The van der Waals surface area contributed by atoms with E-state index in [1.165, 1.54) is 4.90 Å². The van der Waals surface area contributed by atoms with Gasteiger partial charge in [-0.05, 0) is 12.1 Å². The fraction of sp³-hybridized carbons (Fsp3) is 0.429. The summed E-state index contributed by atoms with van der Waals surface area (Å²) in [5.74, 6) is 5.35. The topological polar surface area (TPSA) is 69.9 Å². The van der Waals surface area contributed by atoms with E-state index in [4.69, 9.17) is 5.84 Å². The second kappa shape index (κ2) is 5.32. The third-order valence-electron chi connectivity index (χ3n) is 3.92. The third kappa shape index (κ3) is 2.33. The molecule has 1 aromatic rings. The van der Waals surface area contributed by atoms with E-state index in [0.29, 0.717) is 24.2 Å². The Morgan fingerprint density at radius 3 is 2.00 bits per heavy atom. The summed E-state index contributed by atoms with van der Waals surface area (Å²) in [5.41, 5.74) is 1.04. The van der Waals surface area contributed by atoms with Gasteiger partial charge in [-0.15, -0.1) is 0 Å². The predicted octanol–water partition coefficient (Wildman–Crippen LogP) is -0.226. The molecule has 2 N–H and O–H groups in total. The number of piperazine rings is 1. The Kier molecular flexibility index (Phi) is 3.52. The second-order valence-corrected chi connectivity index (χ2v) is 5.19. The van der Waals surface area contributed by atoms with Crippen LogP contribution >= 0.6 is 0 Å². The van der Waals surface area contributed by atoms with Gasteiger partial charge < -0.3 is 0 Å². The lowest BCUT2D eigenvalue weighted by atomic mass is 10.1. The molecule has 106 valence electrons. The minimum Gasteiger partial charge on any atom is -0.299 e. The first-order valence-electron chi connectivity index (χ1n) is 6.84. The maximum absolute atomic E-state index is 12.2. The minimum atomic E-state index is -0.178. The van der Waals surface area contributed by atoms with Gasteiger partial charge in [-0.25, -0.2) is 5.01 Å². The summed E-state index contributed by atoms with van der Waals surface area (Å²) in [7, 11) is 0. The van der Waals surface area contributed by atoms with Crippen LogP contribution in [0.2, 0.25) is 0 Å². The van der Waals surface area contributed by atoms with E-state index in [-0.39, 0.29) is 11.8 Å². The highest BCUT2D eigenvalue weighted by molar-refractivity contribution is 6.21. The van der Waals surface area contributed by atoms with E-state index in [9.17, 15) is 9.59 Å². The molecule has 1 aromatic carbocycles. The molecule has 0 spiro atoms. The van der Waals surface area contributed by atoms with Crippen molar-refractivity contribution in [3.63, 3.8) is 0 Å². The zero-order valence-corrected chi connectivity index (χ0v) is 11.3. The van der Waals surface area contributed by atoms with Crippen molar-refractivity contribution in [1.29, 1.82) is 0 Å². The molecule has 0 unspecified atom stereocenters. The van der Waals surface area contributed by atoms with E-state index in [0.717, 1.165) is 26.2 Å². The monoisotopic (exact) mass is 274 g/mol. The molecule has 2 amide bonds. The standard InChI is InChI=1S/C14H18N4O2/c15-17-8-5-16(6-9-17)7-10-18-13(19)11-3-1-2-4-12(11)14(18)20/h1-4H,5-10,15H2. The number of benzene rings is 1. The Morgan fingerprint density at radius 1 is 0.900 bits per heavy atom. The van der Waals surface area contributed by atoms with Gasteiger partial charge in [-0.1, -0.05) is 12.1 Å². The van der Waals surface area contributed by atoms with Crippen molar-refractivity contribution in [3.8, 4) is 0 Å². The van der Waals surface area contributed by atoms with Crippen molar-refractivity contribution >= 4 is 11.8 Å². The summed E-state index contributed by atoms with van der Waals surface area (Å²) in [4.78, 5) is 28.0. The summed E-state index contributed by atoms with van der Waals surface area (Å²) in [6, 6.07) is 6.99. The van der Waals surface area contributed by atoms with Crippen molar-refractivity contribution in [2.24, 2.45) is 5.84 Å². The first-order chi connectivity index (χ1) is 9.66. The molecular formula is C14H18N4O2. The highest BCUT2D eigenvalue weighted by Gasteiger charge is 2.34. The quantitative estimate of drug-likeness (QED) is 0.609. The van der Waals surface area contributed by atoms with Crippen molar-refractivity contribution < 1.29 is 9.59 Å². The molecule has 3 rings (SSSR count). The maximum Gasteiger partial charge on any atom is 0.261 e. The van der Waals surface area contributed by atoms with Crippen LogP contribution in [0.25, 0.3) is 0 Å². The second-order valence-electron chi connectivity index (χ2n) is 5.19. The van der Waals surface area contributed by atoms with Crippen LogP contribution in [-0.4, -0.2) is 65.9 Å². The molecule has 0 atom stereocenters. The van der Waals surface area contributed by atoms with Crippen LogP contribution < -0.4 is 5.84 Å². The number of nitrogens with zero attached hydrogens (tertiary/aromatic N) is 3. The summed E-state index contributed by atoms with van der Waals surface area (Å²) in [5, 5.41) is 1.79. The largest absolute Gasteiger partial charge is 0.299 e. The summed E-state index contributed by atoms with van der Waals surface area (Å²) < 4.78 is 0. The molecule has 0 bridgehead atoms. The number of fused-ring (bicyclic) bond motifs is 1. The summed E-state index contributed by atoms with van der Waals surface area (Å²) in [6.07, 6.45) is 0. The van der Waals surface area contributed by atoms with Crippen LogP contribution in [-0.2, 0) is 0 Å². The maximum atomic E-state index is 12.2. The van der Waals surface area contributed by atoms with Crippen LogP contribution in [0.1, 0.15) is 20.7 Å². The van der Waals surface area contributed by atoms with Gasteiger partial charge in [-0.2, -0.15) is 0 Å². The minimum absolute atomic E-state index is 0.178. The van der Waals surface area contributed by atoms with E-state index >= 15 is 0 Å². The zero-order chi connectivity index (χ0) is 14.1. The van der Waals surface area contributed by atoms with Crippen molar-refractivity contribution in [3.05, 3.63) is 35.4 Å². The molecule has 0 aliphatic carbocycles. The molecule has 6 heteroatoms. The Bertz CT molecular complexity index is 503. The summed E-state index contributed by atoms with van der Waals surface area (Å²) >= 11 is 0. The number of hydrogen-bond acceptors (Lipinski definition) is 5. The van der Waals surface area contributed by atoms with Crippen LogP contribution in [0.3, 0.4) is 0 Å². The first-order valence-corrected chi connectivity index (χ1v) is 6.84. The molecule has 0 saturated carbocycles. The van der Waals surface area contributed by atoms with Gasteiger partial charge in [0.1, 0.15) is 0 Å². The number of rotatable bonds is 3. The Hall–Kier alpha value is -1.76. The molecule has 6 nitrogen and oxygen atoms in total. The van der Waals surface area contributed by atoms with Crippen LogP contribution in [0, 0.1) is 0 Å². The molecular weight excluding hydrogens is 256 g/mol. The number of carbonyl (C=O) groups excluding carboxylic acids is 2. The number of hydrogen-bond donors (Lipinski definition) is 1. The molecule has 1 fully saturated rings. The number of carbonyl (C=O) groups is 2. The predicted molar refractivity (Wildman–Crippen MR) is 74.0 cm³/mol. The lowest BCUT2D eigenvalue weighted by molar-refractivity contribution is 0.0615. The number of amides is 2. The molecule has 20 heavy (non-hydrogen) atoms.